The fourth-order valence-electron chi connectivity index (χ4n) is 3.22. The number of halogens is 3. The van der Waals surface area contributed by atoms with Gasteiger partial charge in [-0.3, -0.25) is 4.79 Å². The zero-order valence-corrected chi connectivity index (χ0v) is 19.1. The Morgan fingerprint density at radius 1 is 1.22 bits per heavy atom. The summed E-state index contributed by atoms with van der Waals surface area (Å²) in [5.74, 6) is -1.87. The quantitative estimate of drug-likeness (QED) is 0.409. The van der Waals surface area contributed by atoms with Gasteiger partial charge in [0.1, 0.15) is 5.56 Å². The topological polar surface area (TPSA) is 112 Å². The molecule has 0 saturated heterocycles. The van der Waals surface area contributed by atoms with Crippen molar-refractivity contribution in [2.24, 2.45) is 7.05 Å². The van der Waals surface area contributed by atoms with Gasteiger partial charge in [0, 0.05) is 24.8 Å². The Hall–Kier alpha value is -2.41. The molecule has 1 saturated carbocycles. The highest BCUT2D eigenvalue weighted by Crippen LogP contribution is 2.44. The minimum Gasteiger partial charge on any atom is -0.361 e. The largest absolute Gasteiger partial charge is 0.416 e. The average molecular weight is 495 g/mol. The molecule has 1 fully saturated rings. The van der Waals surface area contributed by atoms with Crippen LogP contribution in [0.1, 0.15) is 59.3 Å². The molecule has 1 aromatic heterocycles. The standard InChI is InChI=1S/C19H21F3N2O6S2/c1-4-9-32(28,29)30-18-15(16(11-5-6-11)23-24(18)2)17(25)13-8-7-12(19(20,21)22)10-14(13)31(3,26)27/h7-8,10-11H,4-6,9H2,1-3H3. The number of hydrogen-bond donors (Lipinski definition) is 0. The van der Waals surface area contributed by atoms with Crippen LogP contribution in [0.2, 0.25) is 0 Å². The van der Waals surface area contributed by atoms with Crippen molar-refractivity contribution >= 4 is 25.7 Å². The predicted molar refractivity (Wildman–Crippen MR) is 108 cm³/mol. The molecule has 3 rings (SSSR count). The number of aryl methyl sites for hydroxylation is 1. The summed E-state index contributed by atoms with van der Waals surface area (Å²) in [6.07, 6.45) is -2.55. The molecule has 0 bridgehead atoms. The molecule has 0 N–H and O–H groups in total. The van der Waals surface area contributed by atoms with Gasteiger partial charge >= 0.3 is 16.3 Å². The van der Waals surface area contributed by atoms with Gasteiger partial charge in [-0.1, -0.05) is 6.92 Å². The average Bonchev–Trinajstić information content (AvgIpc) is 3.44. The molecule has 0 amide bonds. The molecule has 0 radical (unpaired) electrons. The number of carbonyl (C=O) groups is 1. The molecule has 0 atom stereocenters. The number of ketones is 1. The number of aromatic nitrogens is 2. The summed E-state index contributed by atoms with van der Waals surface area (Å²) in [4.78, 5) is 12.6. The van der Waals surface area contributed by atoms with Crippen molar-refractivity contribution in [3.05, 3.63) is 40.6 Å². The molecular weight excluding hydrogens is 473 g/mol. The van der Waals surface area contributed by atoms with Gasteiger partial charge in [-0.15, -0.1) is 0 Å². The molecule has 0 unspecified atom stereocenters. The van der Waals surface area contributed by atoms with Gasteiger partial charge in [0.15, 0.2) is 9.84 Å². The molecule has 13 heteroatoms. The van der Waals surface area contributed by atoms with Gasteiger partial charge in [0.25, 0.3) is 0 Å². The summed E-state index contributed by atoms with van der Waals surface area (Å²) in [5, 5.41) is 4.19. The van der Waals surface area contributed by atoms with Crippen LogP contribution in [-0.4, -0.2) is 44.4 Å². The predicted octanol–water partition coefficient (Wildman–Crippen LogP) is 3.07. The van der Waals surface area contributed by atoms with Crippen LogP contribution in [0.25, 0.3) is 0 Å². The first-order valence-electron chi connectivity index (χ1n) is 9.60. The second-order valence-electron chi connectivity index (χ2n) is 7.62. The highest BCUT2D eigenvalue weighted by atomic mass is 32.2. The van der Waals surface area contributed by atoms with Crippen molar-refractivity contribution in [3.63, 3.8) is 0 Å². The maximum absolute atomic E-state index is 13.4. The van der Waals surface area contributed by atoms with Gasteiger partial charge in [-0.2, -0.15) is 26.7 Å². The SMILES string of the molecule is CCCS(=O)(=O)Oc1c(C(=O)c2ccc(C(F)(F)F)cc2S(C)(=O)=O)c(C2CC2)nn1C. The van der Waals surface area contributed by atoms with E-state index in [-0.39, 0.29) is 29.3 Å². The van der Waals surface area contributed by atoms with Crippen molar-refractivity contribution < 1.29 is 39.0 Å². The lowest BCUT2D eigenvalue weighted by molar-refractivity contribution is -0.137. The summed E-state index contributed by atoms with van der Waals surface area (Å²) in [7, 11) is -6.96. The number of carbonyl (C=O) groups excluding carboxylic acids is 1. The van der Waals surface area contributed by atoms with E-state index in [9.17, 15) is 34.8 Å². The van der Waals surface area contributed by atoms with E-state index in [1.54, 1.807) is 6.92 Å². The Morgan fingerprint density at radius 2 is 1.84 bits per heavy atom. The second kappa shape index (κ2) is 8.18. The molecule has 176 valence electrons. The van der Waals surface area contributed by atoms with Gasteiger partial charge in [0.05, 0.1) is 21.9 Å². The molecule has 32 heavy (non-hydrogen) atoms. The molecule has 1 aliphatic rings. The Labute approximate surface area is 183 Å². The normalized spacial score (nSPS) is 15.1. The van der Waals surface area contributed by atoms with E-state index in [0.717, 1.165) is 10.7 Å². The highest BCUT2D eigenvalue weighted by Gasteiger charge is 2.38. The van der Waals surface area contributed by atoms with E-state index in [4.69, 9.17) is 4.18 Å². The molecule has 8 nitrogen and oxygen atoms in total. The summed E-state index contributed by atoms with van der Waals surface area (Å²) in [5.41, 5.74) is -1.80. The highest BCUT2D eigenvalue weighted by molar-refractivity contribution is 7.90. The lowest BCUT2D eigenvalue weighted by Crippen LogP contribution is -2.18. The molecule has 1 aliphatic carbocycles. The second-order valence-corrected chi connectivity index (χ2v) is 11.3. The zero-order valence-electron chi connectivity index (χ0n) is 17.4. The van der Waals surface area contributed by atoms with Gasteiger partial charge in [0.2, 0.25) is 11.7 Å². The molecule has 1 heterocycles. The van der Waals surface area contributed by atoms with Gasteiger partial charge < -0.3 is 4.18 Å². The number of sulfone groups is 1. The maximum Gasteiger partial charge on any atom is 0.416 e. The van der Waals surface area contributed by atoms with E-state index in [2.05, 4.69) is 5.10 Å². The molecular formula is C19H21F3N2O6S2. The Balaban J connectivity index is 2.22. The van der Waals surface area contributed by atoms with E-state index < -0.39 is 53.8 Å². The lowest BCUT2D eigenvalue weighted by atomic mass is 10.00. The van der Waals surface area contributed by atoms with Crippen molar-refractivity contribution in [2.45, 2.75) is 43.2 Å². The molecule has 2 aromatic rings. The summed E-state index contributed by atoms with van der Waals surface area (Å²) in [6, 6.07) is 1.77. The monoisotopic (exact) mass is 494 g/mol. The number of benzene rings is 1. The molecule has 1 aromatic carbocycles. The van der Waals surface area contributed by atoms with Crippen LogP contribution in [0.5, 0.6) is 5.88 Å². The summed E-state index contributed by atoms with van der Waals surface area (Å²) >= 11 is 0. The lowest BCUT2D eigenvalue weighted by Gasteiger charge is -2.13. The fraction of sp³-hybridized carbons (Fsp3) is 0.474. The molecule has 0 spiro atoms. The third kappa shape index (κ3) is 4.98. The van der Waals surface area contributed by atoms with Crippen LogP contribution < -0.4 is 4.18 Å². The Morgan fingerprint density at radius 3 is 2.34 bits per heavy atom. The number of alkyl halides is 3. The van der Waals surface area contributed by atoms with Crippen molar-refractivity contribution in [1.82, 2.24) is 9.78 Å². The fourth-order valence-corrected chi connectivity index (χ4v) is 5.14. The molecule has 0 aliphatic heterocycles. The third-order valence-electron chi connectivity index (χ3n) is 4.83. The van der Waals surface area contributed by atoms with E-state index in [1.807, 2.05) is 0 Å². The third-order valence-corrected chi connectivity index (χ3v) is 7.28. The van der Waals surface area contributed by atoms with Crippen LogP contribution in [-0.2, 0) is 33.2 Å². The first-order chi connectivity index (χ1) is 14.7. The van der Waals surface area contributed by atoms with Crippen LogP contribution in [0.15, 0.2) is 23.1 Å². The van der Waals surface area contributed by atoms with E-state index in [1.165, 1.54) is 7.05 Å². The summed E-state index contributed by atoms with van der Waals surface area (Å²) in [6.45, 7) is 1.62. The number of hydrogen-bond acceptors (Lipinski definition) is 7. The first kappa shape index (κ1) is 24.2. The number of rotatable bonds is 8. The van der Waals surface area contributed by atoms with E-state index in [0.29, 0.717) is 31.2 Å². The smallest absolute Gasteiger partial charge is 0.361 e. The van der Waals surface area contributed by atoms with Gasteiger partial charge in [-0.05, 0) is 37.5 Å². The zero-order chi connectivity index (χ0) is 24.1. The minimum absolute atomic E-state index is 0.164. The van der Waals surface area contributed by atoms with Crippen LogP contribution in [0.3, 0.4) is 0 Å². The van der Waals surface area contributed by atoms with Gasteiger partial charge in [-0.25, -0.2) is 13.1 Å². The van der Waals surface area contributed by atoms with Crippen molar-refractivity contribution in [1.29, 1.82) is 0 Å². The van der Waals surface area contributed by atoms with E-state index >= 15 is 0 Å². The Bertz CT molecular complexity index is 1280. The summed E-state index contributed by atoms with van der Waals surface area (Å²) < 4.78 is 94.6. The van der Waals surface area contributed by atoms with Crippen LogP contribution >= 0.6 is 0 Å². The van der Waals surface area contributed by atoms with Crippen LogP contribution in [0.4, 0.5) is 13.2 Å². The van der Waals surface area contributed by atoms with Crippen molar-refractivity contribution in [3.8, 4) is 5.88 Å². The first-order valence-corrected chi connectivity index (χ1v) is 13.1. The maximum atomic E-state index is 13.4. The van der Waals surface area contributed by atoms with Crippen molar-refractivity contribution in [2.75, 3.05) is 12.0 Å². The van der Waals surface area contributed by atoms with Crippen LogP contribution in [0, 0.1) is 0 Å². The number of nitrogens with zero attached hydrogens (tertiary/aromatic N) is 2. The Kier molecular flexibility index (Phi) is 6.19. The minimum atomic E-state index is -4.82.